The highest BCUT2D eigenvalue weighted by Gasteiger charge is 2.18. The summed E-state index contributed by atoms with van der Waals surface area (Å²) in [4.78, 5) is 4.64. The Hall–Kier alpha value is -0.580. The average Bonchev–Trinajstić information content (AvgIpc) is 2.24. The molecule has 2 N–H and O–H groups in total. The van der Waals surface area contributed by atoms with Crippen LogP contribution in [0, 0.1) is 0 Å². The molecule has 1 aromatic rings. The first-order chi connectivity index (χ1) is 7.90. The summed E-state index contributed by atoms with van der Waals surface area (Å²) in [6, 6.07) is 4.26. The summed E-state index contributed by atoms with van der Waals surface area (Å²) in [6.45, 7) is 7.04. The Balaban J connectivity index is 3.19. The highest BCUT2D eigenvalue weighted by molar-refractivity contribution is 9.10. The van der Waals surface area contributed by atoms with Gasteiger partial charge in [0.2, 0.25) is 0 Å². The Morgan fingerprint density at radius 2 is 1.94 bits per heavy atom. The average molecular weight is 302 g/mol. The maximum Gasteiger partial charge on any atom is 0.136 e. The minimum Gasteiger partial charge on any atom is -0.495 e. The molecule has 0 fully saturated rings. The quantitative estimate of drug-likeness (QED) is 0.869. The van der Waals surface area contributed by atoms with E-state index in [-0.39, 0.29) is 5.41 Å². The zero-order valence-corrected chi connectivity index (χ0v) is 12.4. The molecule has 4 heteroatoms. The normalized spacial score (nSPS) is 11.6. The molecule has 0 atom stereocenters. The van der Waals surface area contributed by atoms with E-state index in [0.717, 1.165) is 22.2 Å². The molecule has 3 nitrogen and oxygen atoms in total. The Labute approximate surface area is 111 Å². The first-order valence-electron chi connectivity index (χ1n) is 5.58. The van der Waals surface area contributed by atoms with Gasteiger partial charge in [0.05, 0.1) is 18.2 Å². The van der Waals surface area contributed by atoms with Gasteiger partial charge in [0.15, 0.2) is 0 Å². The van der Waals surface area contributed by atoms with Crippen LogP contribution in [0.1, 0.15) is 31.9 Å². The molecule has 0 saturated carbocycles. The Morgan fingerprint density at radius 1 is 1.29 bits per heavy atom. The summed E-state index contributed by atoms with van der Waals surface area (Å²) >= 11 is 3.55. The van der Waals surface area contributed by atoms with Gasteiger partial charge in [-0.2, -0.15) is 0 Å². The van der Waals surface area contributed by atoms with Crippen LogP contribution in [0.25, 0.3) is 0 Å². The second-order valence-electron chi connectivity index (χ2n) is 5.02. The van der Waals surface area contributed by atoms with Crippen LogP contribution in [0.15, 0.2) is 16.6 Å². The molecule has 1 rings (SSSR count). The number of ether oxygens (including phenoxy) is 1. The van der Waals surface area contributed by atoms with Crippen LogP contribution in [0.3, 0.4) is 0 Å². The summed E-state index contributed by atoms with van der Waals surface area (Å²) in [7, 11) is 1.67. The molecule has 0 aliphatic heterocycles. The minimum absolute atomic E-state index is 0.104. The van der Waals surface area contributed by atoms with Gasteiger partial charge in [-0.05, 0) is 38.5 Å². The largest absolute Gasteiger partial charge is 0.495 e. The van der Waals surface area contributed by atoms with E-state index in [1.54, 1.807) is 7.11 Å². The molecule has 96 valence electrons. The van der Waals surface area contributed by atoms with Crippen molar-refractivity contribution in [2.75, 3.05) is 13.7 Å². The molecule has 0 amide bonds. The van der Waals surface area contributed by atoms with Crippen molar-refractivity contribution in [3.63, 3.8) is 0 Å². The molecule has 0 spiro atoms. The lowest BCUT2D eigenvalue weighted by Crippen LogP contribution is -2.13. The molecule has 0 unspecified atom stereocenters. The summed E-state index contributed by atoms with van der Waals surface area (Å²) in [6.07, 6.45) is 0.738. The second-order valence-corrected chi connectivity index (χ2v) is 5.88. The maximum absolute atomic E-state index is 5.40. The fourth-order valence-corrected chi connectivity index (χ4v) is 2.33. The molecule has 0 aliphatic carbocycles. The van der Waals surface area contributed by atoms with Crippen molar-refractivity contribution in [1.29, 1.82) is 0 Å². The van der Waals surface area contributed by atoms with Crippen molar-refractivity contribution in [2.24, 2.45) is 5.90 Å². The first kappa shape index (κ1) is 14.5. The van der Waals surface area contributed by atoms with Crippen molar-refractivity contribution in [3.05, 3.63) is 27.7 Å². The van der Waals surface area contributed by atoms with E-state index in [1.807, 2.05) is 0 Å². The predicted octanol–water partition coefficient (Wildman–Crippen LogP) is 3.19. The number of hydrogen-bond acceptors (Lipinski definition) is 3. The zero-order valence-electron chi connectivity index (χ0n) is 10.8. The zero-order chi connectivity index (χ0) is 13.1. The van der Waals surface area contributed by atoms with E-state index < -0.39 is 0 Å². The molecular weight excluding hydrogens is 282 g/mol. The number of halogens is 1. The summed E-state index contributed by atoms with van der Waals surface area (Å²) in [5.74, 6) is 5.93. The molecule has 17 heavy (non-hydrogen) atoms. The highest BCUT2D eigenvalue weighted by atomic mass is 79.9. The minimum atomic E-state index is 0.104. The van der Waals surface area contributed by atoms with Gasteiger partial charge in [-0.3, -0.25) is 0 Å². The van der Waals surface area contributed by atoms with Gasteiger partial charge in [0, 0.05) is 6.42 Å². The predicted molar refractivity (Wildman–Crippen MR) is 73.2 cm³/mol. The van der Waals surface area contributed by atoms with Gasteiger partial charge < -0.3 is 9.57 Å². The van der Waals surface area contributed by atoms with Crippen molar-refractivity contribution >= 4 is 15.9 Å². The van der Waals surface area contributed by atoms with E-state index in [9.17, 15) is 0 Å². The Morgan fingerprint density at radius 3 is 2.41 bits per heavy atom. The molecule has 0 aliphatic rings. The van der Waals surface area contributed by atoms with Crippen molar-refractivity contribution in [2.45, 2.75) is 32.6 Å². The first-order valence-corrected chi connectivity index (χ1v) is 6.38. The van der Waals surface area contributed by atoms with Gasteiger partial charge in [-0.15, -0.1) is 0 Å². The highest BCUT2D eigenvalue weighted by Crippen LogP contribution is 2.35. The van der Waals surface area contributed by atoms with Crippen LogP contribution in [-0.4, -0.2) is 13.7 Å². The fraction of sp³-hybridized carbons (Fsp3) is 0.538. The SMILES string of the molecule is COc1c(Br)cc(C(C)(C)C)cc1CCON. The topological polar surface area (TPSA) is 44.5 Å². The van der Waals surface area contributed by atoms with Gasteiger partial charge in [0.25, 0.3) is 0 Å². The summed E-state index contributed by atoms with van der Waals surface area (Å²) < 4.78 is 6.37. The molecule has 0 radical (unpaired) electrons. The third-order valence-corrected chi connectivity index (χ3v) is 3.27. The monoisotopic (exact) mass is 301 g/mol. The van der Waals surface area contributed by atoms with Gasteiger partial charge in [-0.1, -0.05) is 26.8 Å². The molecule has 1 aromatic carbocycles. The Kier molecular flexibility index (Phi) is 4.98. The number of benzene rings is 1. The van der Waals surface area contributed by atoms with E-state index in [0.29, 0.717) is 6.61 Å². The third-order valence-electron chi connectivity index (χ3n) is 2.68. The van der Waals surface area contributed by atoms with Crippen molar-refractivity contribution < 1.29 is 9.57 Å². The van der Waals surface area contributed by atoms with Crippen LogP contribution >= 0.6 is 15.9 Å². The lowest BCUT2D eigenvalue weighted by Gasteiger charge is -2.22. The standard InChI is InChI=1S/C13H20BrNO2/c1-13(2,3)10-7-9(5-6-17-15)12(16-4)11(14)8-10/h7-8H,5-6,15H2,1-4H3. The van der Waals surface area contributed by atoms with Gasteiger partial charge in [-0.25, -0.2) is 5.90 Å². The third kappa shape index (κ3) is 3.69. The summed E-state index contributed by atoms with van der Waals surface area (Å²) in [5.41, 5.74) is 2.47. The number of rotatable bonds is 4. The number of hydrogen-bond donors (Lipinski definition) is 1. The summed E-state index contributed by atoms with van der Waals surface area (Å²) in [5, 5.41) is 0. The van der Waals surface area contributed by atoms with E-state index in [4.69, 9.17) is 10.6 Å². The van der Waals surface area contributed by atoms with Crippen LogP contribution in [0.2, 0.25) is 0 Å². The maximum atomic E-state index is 5.40. The molecule has 0 saturated heterocycles. The fourth-order valence-electron chi connectivity index (χ4n) is 1.67. The lowest BCUT2D eigenvalue weighted by molar-refractivity contribution is 0.140. The van der Waals surface area contributed by atoms with Crippen LogP contribution in [-0.2, 0) is 16.7 Å². The van der Waals surface area contributed by atoms with Gasteiger partial charge in [0.1, 0.15) is 5.75 Å². The molecular formula is C13H20BrNO2. The molecule has 0 heterocycles. The van der Waals surface area contributed by atoms with Crippen LogP contribution in [0.5, 0.6) is 5.75 Å². The van der Waals surface area contributed by atoms with Crippen molar-refractivity contribution in [1.82, 2.24) is 0 Å². The Bertz CT molecular complexity index is 386. The van der Waals surface area contributed by atoms with Crippen LogP contribution < -0.4 is 10.6 Å². The van der Waals surface area contributed by atoms with Crippen LogP contribution in [0.4, 0.5) is 0 Å². The number of methoxy groups -OCH3 is 1. The molecule has 0 aromatic heterocycles. The van der Waals surface area contributed by atoms with Gasteiger partial charge >= 0.3 is 0 Å². The van der Waals surface area contributed by atoms with E-state index in [1.165, 1.54) is 5.56 Å². The van der Waals surface area contributed by atoms with E-state index >= 15 is 0 Å². The number of nitrogens with two attached hydrogens (primary N) is 1. The smallest absolute Gasteiger partial charge is 0.136 e. The second kappa shape index (κ2) is 5.85. The van der Waals surface area contributed by atoms with Crippen molar-refractivity contribution in [3.8, 4) is 5.75 Å². The van der Waals surface area contributed by atoms with E-state index in [2.05, 4.69) is 53.7 Å². The molecule has 0 bridgehead atoms. The lowest BCUT2D eigenvalue weighted by atomic mass is 9.85.